The highest BCUT2D eigenvalue weighted by Gasteiger charge is 2.23. The summed E-state index contributed by atoms with van der Waals surface area (Å²) in [5.41, 5.74) is 3.49. The Hall–Kier alpha value is -1.81. The first-order valence-electron chi connectivity index (χ1n) is 7.80. The summed E-state index contributed by atoms with van der Waals surface area (Å²) < 4.78 is 2.16. The van der Waals surface area contributed by atoms with Crippen LogP contribution in [0, 0.1) is 0 Å². The second-order valence-electron chi connectivity index (χ2n) is 6.75. The van der Waals surface area contributed by atoms with Gasteiger partial charge in [0, 0.05) is 24.7 Å². The molecule has 0 radical (unpaired) electrons. The predicted molar refractivity (Wildman–Crippen MR) is 88.7 cm³/mol. The molecule has 0 atom stereocenters. The molecule has 4 heteroatoms. The lowest BCUT2D eigenvalue weighted by atomic mass is 9.84. The third-order valence-electron chi connectivity index (χ3n) is 4.05. The molecule has 0 fully saturated rings. The number of aromatic carboxylic acids is 1. The molecule has 1 aromatic carbocycles. The Morgan fingerprint density at radius 1 is 1.27 bits per heavy atom. The van der Waals surface area contributed by atoms with Crippen molar-refractivity contribution in [3.8, 4) is 0 Å². The molecule has 0 spiro atoms. The summed E-state index contributed by atoms with van der Waals surface area (Å²) in [6.45, 7) is 9.27. The molecule has 2 N–H and O–H groups in total. The predicted octanol–water partition coefficient (Wildman–Crippen LogP) is 3.58. The Labute approximate surface area is 131 Å². The summed E-state index contributed by atoms with van der Waals surface area (Å²) >= 11 is 0. The molecule has 2 aromatic rings. The number of aliphatic hydroxyl groups excluding tert-OH is 1. The van der Waals surface area contributed by atoms with Crippen LogP contribution < -0.4 is 0 Å². The van der Waals surface area contributed by atoms with Crippen molar-refractivity contribution in [2.45, 2.75) is 52.5 Å². The van der Waals surface area contributed by atoms with Gasteiger partial charge in [0.05, 0.1) is 11.1 Å². The molecule has 0 amide bonds. The van der Waals surface area contributed by atoms with E-state index in [0.717, 1.165) is 35.0 Å². The second kappa shape index (κ2) is 6.13. The van der Waals surface area contributed by atoms with Crippen molar-refractivity contribution in [2.75, 3.05) is 6.61 Å². The van der Waals surface area contributed by atoms with Gasteiger partial charge in [-0.1, -0.05) is 27.7 Å². The van der Waals surface area contributed by atoms with Gasteiger partial charge < -0.3 is 14.8 Å². The summed E-state index contributed by atoms with van der Waals surface area (Å²) in [5, 5.41) is 19.5. The van der Waals surface area contributed by atoms with Gasteiger partial charge in [-0.25, -0.2) is 4.79 Å². The summed E-state index contributed by atoms with van der Waals surface area (Å²) in [5.74, 6) is -0.891. The molecule has 0 aliphatic rings. The second-order valence-corrected chi connectivity index (χ2v) is 6.75. The molecular formula is C18H25NO3. The topological polar surface area (TPSA) is 62.5 Å². The number of hydrogen-bond donors (Lipinski definition) is 2. The van der Waals surface area contributed by atoms with Crippen LogP contribution in [0.15, 0.2) is 18.3 Å². The van der Waals surface area contributed by atoms with E-state index in [1.54, 1.807) is 12.1 Å². The van der Waals surface area contributed by atoms with Crippen LogP contribution in [0.25, 0.3) is 10.9 Å². The minimum atomic E-state index is -0.891. The van der Waals surface area contributed by atoms with Crippen molar-refractivity contribution >= 4 is 16.9 Å². The van der Waals surface area contributed by atoms with E-state index < -0.39 is 5.97 Å². The maximum atomic E-state index is 11.5. The van der Waals surface area contributed by atoms with Crippen LogP contribution in [-0.4, -0.2) is 27.4 Å². The lowest BCUT2D eigenvalue weighted by Crippen LogP contribution is -2.15. The van der Waals surface area contributed by atoms with Gasteiger partial charge in [-0.15, -0.1) is 0 Å². The van der Waals surface area contributed by atoms with Gasteiger partial charge >= 0.3 is 5.97 Å². The Bertz CT molecular complexity index is 692. The molecule has 22 heavy (non-hydrogen) atoms. The van der Waals surface area contributed by atoms with Gasteiger partial charge in [-0.05, 0) is 41.5 Å². The molecule has 0 unspecified atom stereocenters. The molecule has 1 aromatic heterocycles. The zero-order chi connectivity index (χ0) is 16.5. The van der Waals surface area contributed by atoms with E-state index in [9.17, 15) is 9.90 Å². The third kappa shape index (κ3) is 3.02. The maximum absolute atomic E-state index is 11.5. The number of hydrogen-bond acceptors (Lipinski definition) is 2. The fraction of sp³-hybridized carbons (Fsp3) is 0.500. The monoisotopic (exact) mass is 303 g/mol. The van der Waals surface area contributed by atoms with Gasteiger partial charge in [0.1, 0.15) is 0 Å². The summed E-state index contributed by atoms with van der Waals surface area (Å²) in [6.07, 6.45) is 3.65. The van der Waals surface area contributed by atoms with Crippen LogP contribution in [0.5, 0.6) is 0 Å². The Morgan fingerprint density at radius 3 is 2.45 bits per heavy atom. The Kier molecular flexibility index (Phi) is 4.61. The van der Waals surface area contributed by atoms with Gasteiger partial charge in [0.2, 0.25) is 0 Å². The number of rotatable bonds is 5. The number of aryl methyl sites for hydroxylation is 2. The van der Waals surface area contributed by atoms with Crippen LogP contribution in [-0.2, 0) is 18.4 Å². The van der Waals surface area contributed by atoms with Gasteiger partial charge in [0.25, 0.3) is 0 Å². The fourth-order valence-corrected chi connectivity index (χ4v) is 2.91. The minimum absolute atomic E-state index is 0.149. The number of nitrogens with zero attached hydrogens (tertiary/aromatic N) is 1. The minimum Gasteiger partial charge on any atom is -0.478 e. The number of benzene rings is 1. The van der Waals surface area contributed by atoms with E-state index in [0.29, 0.717) is 12.0 Å². The molecule has 1 heterocycles. The normalized spacial score (nSPS) is 12.0. The standard InChI is InChI=1S/C18H25NO3/c1-5-12-11-19(7-6-8-20)16-14(12)9-13(17(21)22)10-15(16)18(2,3)4/h9-11,20H,5-8H2,1-4H3,(H,21,22). The number of fused-ring (bicyclic) bond motifs is 1. The highest BCUT2D eigenvalue weighted by Crippen LogP contribution is 2.34. The van der Waals surface area contributed by atoms with Crippen molar-refractivity contribution in [1.82, 2.24) is 4.57 Å². The highest BCUT2D eigenvalue weighted by atomic mass is 16.4. The van der Waals surface area contributed by atoms with Crippen molar-refractivity contribution < 1.29 is 15.0 Å². The van der Waals surface area contributed by atoms with Crippen LogP contribution in [0.3, 0.4) is 0 Å². The van der Waals surface area contributed by atoms with Crippen molar-refractivity contribution in [3.05, 3.63) is 35.0 Å². The van der Waals surface area contributed by atoms with Crippen molar-refractivity contribution in [2.24, 2.45) is 0 Å². The number of carbonyl (C=O) groups is 1. The van der Waals surface area contributed by atoms with Crippen LogP contribution in [0.4, 0.5) is 0 Å². The van der Waals surface area contributed by atoms with Crippen LogP contribution in [0.2, 0.25) is 0 Å². The van der Waals surface area contributed by atoms with Gasteiger partial charge in [0.15, 0.2) is 0 Å². The molecule has 0 bridgehead atoms. The SMILES string of the molecule is CCc1cn(CCCO)c2c(C(C)(C)C)cc(C(=O)O)cc12. The van der Waals surface area contributed by atoms with Gasteiger partial charge in [-0.2, -0.15) is 0 Å². The average molecular weight is 303 g/mol. The van der Waals surface area contributed by atoms with Crippen molar-refractivity contribution in [3.63, 3.8) is 0 Å². The number of aromatic nitrogens is 1. The number of carboxylic acid groups (broad SMARTS) is 1. The van der Waals surface area contributed by atoms with E-state index in [2.05, 4.69) is 38.5 Å². The van der Waals surface area contributed by atoms with E-state index >= 15 is 0 Å². The molecule has 120 valence electrons. The molecule has 0 aliphatic heterocycles. The molecule has 4 nitrogen and oxygen atoms in total. The fourth-order valence-electron chi connectivity index (χ4n) is 2.91. The van der Waals surface area contributed by atoms with Crippen molar-refractivity contribution in [1.29, 1.82) is 0 Å². The zero-order valence-corrected chi connectivity index (χ0v) is 13.8. The Morgan fingerprint density at radius 2 is 1.95 bits per heavy atom. The smallest absolute Gasteiger partial charge is 0.335 e. The molecule has 0 saturated carbocycles. The lowest BCUT2D eigenvalue weighted by Gasteiger charge is -2.22. The average Bonchev–Trinajstić information content (AvgIpc) is 2.80. The largest absolute Gasteiger partial charge is 0.478 e. The van der Waals surface area contributed by atoms with E-state index in [1.807, 2.05) is 0 Å². The van der Waals surface area contributed by atoms with E-state index in [-0.39, 0.29) is 12.0 Å². The first-order valence-corrected chi connectivity index (χ1v) is 7.80. The quantitative estimate of drug-likeness (QED) is 0.887. The van der Waals surface area contributed by atoms with Crippen LogP contribution >= 0.6 is 0 Å². The molecule has 0 aliphatic carbocycles. The first kappa shape index (κ1) is 16.6. The third-order valence-corrected chi connectivity index (χ3v) is 4.05. The highest BCUT2D eigenvalue weighted by molar-refractivity contribution is 5.97. The van der Waals surface area contributed by atoms with E-state index in [1.165, 1.54) is 0 Å². The van der Waals surface area contributed by atoms with E-state index in [4.69, 9.17) is 5.11 Å². The summed E-state index contributed by atoms with van der Waals surface area (Å²) in [7, 11) is 0. The van der Waals surface area contributed by atoms with Crippen LogP contribution in [0.1, 0.15) is 55.6 Å². The van der Waals surface area contributed by atoms with Gasteiger partial charge in [-0.3, -0.25) is 0 Å². The molecule has 2 rings (SSSR count). The lowest BCUT2D eigenvalue weighted by molar-refractivity contribution is 0.0697. The zero-order valence-electron chi connectivity index (χ0n) is 13.8. The molecule has 0 saturated heterocycles. The Balaban J connectivity index is 2.81. The maximum Gasteiger partial charge on any atom is 0.335 e. The summed E-state index contributed by atoms with van der Waals surface area (Å²) in [4.78, 5) is 11.5. The number of aliphatic hydroxyl groups is 1. The number of carboxylic acids is 1. The summed E-state index contributed by atoms with van der Waals surface area (Å²) in [6, 6.07) is 3.57. The molecular weight excluding hydrogens is 278 g/mol. The first-order chi connectivity index (χ1) is 10.3.